The normalized spacial score (nSPS) is 15.9. The van der Waals surface area contributed by atoms with Crippen molar-refractivity contribution in [1.29, 1.82) is 0 Å². The van der Waals surface area contributed by atoms with Crippen molar-refractivity contribution >= 4 is 11.8 Å². The summed E-state index contributed by atoms with van der Waals surface area (Å²) in [4.78, 5) is 6.97. The molecule has 0 saturated carbocycles. The Morgan fingerprint density at radius 1 is 1.83 bits per heavy atom. The lowest BCUT2D eigenvalue weighted by Crippen LogP contribution is -2.42. The lowest BCUT2D eigenvalue weighted by atomic mass is 10.1. The molecule has 12 heavy (non-hydrogen) atoms. The fraction of sp³-hybridized carbons (Fsp3) is 0.571. The van der Waals surface area contributed by atoms with Gasteiger partial charge in [0.05, 0.1) is 6.61 Å². The summed E-state index contributed by atoms with van der Waals surface area (Å²) in [5.74, 6) is 0.650. The first-order valence-electron chi connectivity index (χ1n) is 3.66. The highest BCUT2D eigenvalue weighted by Crippen LogP contribution is 2.16. The number of nitrogens with two attached hydrogens (primary N) is 1. The second-order valence-corrected chi connectivity index (χ2v) is 3.96. The number of thioether (sulfide) groups is 1. The summed E-state index contributed by atoms with van der Waals surface area (Å²) in [5.41, 5.74) is 5.19. The van der Waals surface area contributed by atoms with E-state index in [-0.39, 0.29) is 6.61 Å². The van der Waals surface area contributed by atoms with Crippen LogP contribution in [-0.4, -0.2) is 33.0 Å². The molecule has 0 fully saturated rings. The van der Waals surface area contributed by atoms with E-state index in [1.165, 1.54) is 11.8 Å². The topological polar surface area (TPSA) is 74.9 Å². The number of aromatic amines is 1. The molecule has 68 valence electrons. The third-order valence-corrected chi connectivity index (χ3v) is 2.67. The molecule has 1 aromatic heterocycles. The molecular formula is C7H13N3OS. The van der Waals surface area contributed by atoms with E-state index >= 15 is 0 Å². The molecule has 0 radical (unpaired) electrons. The first-order chi connectivity index (χ1) is 5.64. The minimum absolute atomic E-state index is 0.0132. The maximum Gasteiger partial charge on any atom is 0.165 e. The van der Waals surface area contributed by atoms with E-state index in [2.05, 4.69) is 9.97 Å². The maximum atomic E-state index is 8.85. The zero-order valence-corrected chi connectivity index (χ0v) is 7.77. The number of nitrogens with one attached hydrogen (secondary N) is 1. The van der Waals surface area contributed by atoms with E-state index in [9.17, 15) is 0 Å². The number of imidazole rings is 1. The van der Waals surface area contributed by atoms with E-state index < -0.39 is 5.54 Å². The molecule has 0 spiro atoms. The number of rotatable bonds is 4. The van der Waals surface area contributed by atoms with Gasteiger partial charge in [-0.05, 0) is 6.92 Å². The SMILES string of the molecule is CC(N)(CO)CSc1ncc[nH]1. The van der Waals surface area contributed by atoms with Crippen LogP contribution >= 0.6 is 11.8 Å². The van der Waals surface area contributed by atoms with Crippen LogP contribution in [-0.2, 0) is 0 Å². The second kappa shape index (κ2) is 3.93. The summed E-state index contributed by atoms with van der Waals surface area (Å²) in [5, 5.41) is 9.69. The molecule has 0 aliphatic carbocycles. The van der Waals surface area contributed by atoms with Crippen LogP contribution in [0.1, 0.15) is 6.92 Å². The first kappa shape index (κ1) is 9.57. The van der Waals surface area contributed by atoms with Gasteiger partial charge < -0.3 is 15.8 Å². The number of nitrogens with zero attached hydrogens (tertiary/aromatic N) is 1. The summed E-state index contributed by atoms with van der Waals surface area (Å²) in [6, 6.07) is 0. The van der Waals surface area contributed by atoms with Crippen molar-refractivity contribution in [2.75, 3.05) is 12.4 Å². The third-order valence-electron chi connectivity index (χ3n) is 1.37. The molecule has 0 bridgehead atoms. The summed E-state index contributed by atoms with van der Waals surface area (Å²) >= 11 is 1.51. The number of hydrogen-bond acceptors (Lipinski definition) is 4. The van der Waals surface area contributed by atoms with Crippen molar-refractivity contribution in [2.24, 2.45) is 5.73 Å². The highest BCUT2D eigenvalue weighted by Gasteiger charge is 2.17. The van der Waals surface area contributed by atoms with Crippen molar-refractivity contribution in [2.45, 2.75) is 17.6 Å². The largest absolute Gasteiger partial charge is 0.394 e. The molecule has 1 aromatic rings. The molecule has 0 amide bonds. The van der Waals surface area contributed by atoms with Crippen LogP contribution in [0.5, 0.6) is 0 Å². The zero-order valence-electron chi connectivity index (χ0n) is 6.95. The Bertz CT molecular complexity index is 223. The Morgan fingerprint density at radius 3 is 3.08 bits per heavy atom. The van der Waals surface area contributed by atoms with Crippen molar-refractivity contribution in [3.8, 4) is 0 Å². The highest BCUT2D eigenvalue weighted by molar-refractivity contribution is 7.99. The van der Waals surface area contributed by atoms with Gasteiger partial charge in [-0.25, -0.2) is 4.98 Å². The summed E-state index contributed by atoms with van der Waals surface area (Å²) in [7, 11) is 0. The fourth-order valence-electron chi connectivity index (χ4n) is 0.609. The van der Waals surface area contributed by atoms with Crippen LogP contribution in [0.15, 0.2) is 17.6 Å². The molecule has 4 nitrogen and oxygen atoms in total. The van der Waals surface area contributed by atoms with Crippen LogP contribution < -0.4 is 5.73 Å². The van der Waals surface area contributed by atoms with Gasteiger partial charge in [0.15, 0.2) is 5.16 Å². The van der Waals surface area contributed by atoms with E-state index in [0.717, 1.165) is 5.16 Å². The summed E-state index contributed by atoms with van der Waals surface area (Å²) in [6.45, 7) is 1.80. The summed E-state index contributed by atoms with van der Waals surface area (Å²) in [6.07, 6.45) is 3.45. The molecule has 1 heterocycles. The Balaban J connectivity index is 2.36. The number of hydrogen-bond donors (Lipinski definition) is 3. The quantitative estimate of drug-likeness (QED) is 0.589. The first-order valence-corrected chi connectivity index (χ1v) is 4.64. The lowest BCUT2D eigenvalue weighted by molar-refractivity contribution is 0.224. The molecule has 0 aliphatic rings. The number of aliphatic hydroxyl groups is 1. The Labute approximate surface area is 75.6 Å². The van der Waals surface area contributed by atoms with Crippen molar-refractivity contribution in [3.05, 3.63) is 12.4 Å². The van der Waals surface area contributed by atoms with Gasteiger partial charge >= 0.3 is 0 Å². The number of H-pyrrole nitrogens is 1. The average Bonchev–Trinajstić information content (AvgIpc) is 2.53. The van der Waals surface area contributed by atoms with Gasteiger partial charge in [0.2, 0.25) is 0 Å². The van der Waals surface area contributed by atoms with Gasteiger partial charge in [0.1, 0.15) is 0 Å². The van der Waals surface area contributed by atoms with E-state index in [0.29, 0.717) is 5.75 Å². The molecule has 0 aromatic carbocycles. The molecule has 4 N–H and O–H groups in total. The predicted molar refractivity (Wildman–Crippen MR) is 49.0 cm³/mol. The number of aromatic nitrogens is 2. The third kappa shape index (κ3) is 2.84. The lowest BCUT2D eigenvalue weighted by Gasteiger charge is -2.19. The van der Waals surface area contributed by atoms with Gasteiger partial charge in [0.25, 0.3) is 0 Å². The smallest absolute Gasteiger partial charge is 0.165 e. The summed E-state index contributed by atoms with van der Waals surface area (Å²) < 4.78 is 0. The average molecular weight is 187 g/mol. The maximum absolute atomic E-state index is 8.85. The Morgan fingerprint density at radius 2 is 2.58 bits per heavy atom. The fourth-order valence-corrected chi connectivity index (χ4v) is 1.45. The van der Waals surface area contributed by atoms with E-state index in [1.807, 2.05) is 6.92 Å². The van der Waals surface area contributed by atoms with Crippen molar-refractivity contribution < 1.29 is 5.11 Å². The minimum atomic E-state index is -0.530. The monoisotopic (exact) mass is 187 g/mol. The van der Waals surface area contributed by atoms with E-state index in [4.69, 9.17) is 10.8 Å². The Hall–Kier alpha value is -0.520. The molecule has 0 saturated heterocycles. The minimum Gasteiger partial charge on any atom is -0.394 e. The van der Waals surface area contributed by atoms with Gasteiger partial charge in [0, 0.05) is 23.7 Å². The van der Waals surface area contributed by atoms with Crippen LogP contribution in [0.3, 0.4) is 0 Å². The Kier molecular flexibility index (Phi) is 3.13. The highest BCUT2D eigenvalue weighted by atomic mass is 32.2. The molecular weight excluding hydrogens is 174 g/mol. The molecule has 1 unspecified atom stereocenters. The van der Waals surface area contributed by atoms with Gasteiger partial charge in [-0.1, -0.05) is 11.8 Å². The van der Waals surface area contributed by atoms with Gasteiger partial charge in [-0.3, -0.25) is 0 Å². The van der Waals surface area contributed by atoms with Crippen LogP contribution in [0.2, 0.25) is 0 Å². The molecule has 5 heteroatoms. The predicted octanol–water partition coefficient (Wildman–Crippen LogP) is 0.211. The van der Waals surface area contributed by atoms with Crippen molar-refractivity contribution in [3.63, 3.8) is 0 Å². The van der Waals surface area contributed by atoms with Gasteiger partial charge in [-0.15, -0.1) is 0 Å². The molecule has 0 aliphatic heterocycles. The standard InChI is InChI=1S/C7H13N3OS/c1-7(8,4-11)5-12-6-9-2-3-10-6/h2-3,11H,4-5,8H2,1H3,(H,9,10). The van der Waals surface area contributed by atoms with Crippen molar-refractivity contribution in [1.82, 2.24) is 9.97 Å². The van der Waals surface area contributed by atoms with Crippen LogP contribution in [0.4, 0.5) is 0 Å². The van der Waals surface area contributed by atoms with Gasteiger partial charge in [-0.2, -0.15) is 0 Å². The molecule has 1 rings (SSSR count). The van der Waals surface area contributed by atoms with Crippen LogP contribution in [0, 0.1) is 0 Å². The zero-order chi connectivity index (χ0) is 9.03. The van der Waals surface area contributed by atoms with Crippen LogP contribution in [0.25, 0.3) is 0 Å². The second-order valence-electron chi connectivity index (χ2n) is 3.00. The molecule has 1 atom stereocenters. The number of aliphatic hydroxyl groups excluding tert-OH is 1. The van der Waals surface area contributed by atoms with E-state index in [1.54, 1.807) is 12.4 Å².